The number of allylic oxidation sites excluding steroid dienone is 4. The highest BCUT2D eigenvalue weighted by atomic mass is 28.4. The van der Waals surface area contributed by atoms with Crippen LogP contribution in [0.25, 0.3) is 0 Å². The first-order valence-corrected chi connectivity index (χ1v) is 15.5. The van der Waals surface area contributed by atoms with E-state index in [1.807, 2.05) is 19.9 Å². The summed E-state index contributed by atoms with van der Waals surface area (Å²) in [6.45, 7) is 19.8. The quantitative estimate of drug-likeness (QED) is 0.110. The molecule has 1 aromatic heterocycles. The number of rotatable bonds is 12. The van der Waals surface area contributed by atoms with Crippen LogP contribution in [-0.2, 0) is 11.5 Å². The Hall–Kier alpha value is -1.92. The van der Waals surface area contributed by atoms with Crippen LogP contribution < -0.4 is 5.56 Å². The number of aromatic hydroxyl groups is 1. The van der Waals surface area contributed by atoms with Gasteiger partial charge in [0.1, 0.15) is 11.3 Å². The SMILES string of the molecule is CCCC/C(C)=C/C=C(\C)C(=O)c1c(O)cc(C(C)CCCO[Si](C)(C)C(C)(C)C)n(C)c1=O. The van der Waals surface area contributed by atoms with E-state index in [0.717, 1.165) is 37.8 Å². The minimum atomic E-state index is -1.78. The second-order valence-electron chi connectivity index (χ2n) is 11.1. The molecule has 0 spiro atoms. The predicted octanol–water partition coefficient (Wildman–Crippen LogP) is 7.26. The molecule has 0 amide bonds. The number of pyridine rings is 1. The Bertz CT molecular complexity index is 964. The van der Waals surface area contributed by atoms with Crippen LogP contribution in [0, 0.1) is 0 Å². The summed E-state index contributed by atoms with van der Waals surface area (Å²) in [4.78, 5) is 26.0. The molecule has 1 heterocycles. The van der Waals surface area contributed by atoms with Gasteiger partial charge in [-0.15, -0.1) is 0 Å². The zero-order chi connectivity index (χ0) is 26.3. The van der Waals surface area contributed by atoms with Gasteiger partial charge in [-0.2, -0.15) is 0 Å². The average Bonchev–Trinajstić information content (AvgIpc) is 2.74. The van der Waals surface area contributed by atoms with Crippen molar-refractivity contribution in [3.63, 3.8) is 0 Å². The van der Waals surface area contributed by atoms with Crippen molar-refractivity contribution in [1.29, 1.82) is 0 Å². The molecule has 0 aliphatic heterocycles. The molecular weight excluding hydrogens is 442 g/mol. The summed E-state index contributed by atoms with van der Waals surface area (Å²) < 4.78 is 7.76. The number of ketones is 1. The van der Waals surface area contributed by atoms with Crippen molar-refractivity contribution in [2.24, 2.45) is 7.05 Å². The Morgan fingerprint density at radius 3 is 2.38 bits per heavy atom. The molecule has 0 fully saturated rings. The molecular formula is C28H47NO4Si. The summed E-state index contributed by atoms with van der Waals surface area (Å²) in [7, 11) is -0.108. The highest BCUT2D eigenvalue weighted by Gasteiger charge is 2.36. The maximum atomic E-state index is 13.0. The number of unbranched alkanes of at least 4 members (excludes halogenated alkanes) is 1. The Morgan fingerprint density at radius 2 is 1.82 bits per heavy atom. The van der Waals surface area contributed by atoms with E-state index in [0.29, 0.717) is 12.2 Å². The van der Waals surface area contributed by atoms with E-state index in [-0.39, 0.29) is 22.3 Å². The number of carbonyl (C=O) groups is 1. The predicted molar refractivity (Wildman–Crippen MR) is 146 cm³/mol. The summed E-state index contributed by atoms with van der Waals surface area (Å²) in [5.74, 6) is -0.622. The summed E-state index contributed by atoms with van der Waals surface area (Å²) in [6.07, 6.45) is 8.56. The molecule has 1 atom stereocenters. The van der Waals surface area contributed by atoms with Gasteiger partial charge in [0.2, 0.25) is 0 Å². The zero-order valence-corrected chi connectivity index (χ0v) is 24.2. The normalized spacial score (nSPS) is 14.4. The Kier molecular flexibility index (Phi) is 11.2. The Labute approximate surface area is 208 Å². The largest absolute Gasteiger partial charge is 0.507 e. The first-order chi connectivity index (χ1) is 15.6. The van der Waals surface area contributed by atoms with Gasteiger partial charge in [0, 0.05) is 25.4 Å². The second kappa shape index (κ2) is 12.7. The fraction of sp³-hybridized carbons (Fsp3) is 0.643. The summed E-state index contributed by atoms with van der Waals surface area (Å²) in [6, 6.07) is 1.57. The zero-order valence-electron chi connectivity index (χ0n) is 23.2. The minimum absolute atomic E-state index is 0.0524. The van der Waals surface area contributed by atoms with Gasteiger partial charge < -0.3 is 14.1 Å². The Balaban J connectivity index is 2.98. The molecule has 5 nitrogen and oxygen atoms in total. The lowest BCUT2D eigenvalue weighted by atomic mass is 9.97. The first kappa shape index (κ1) is 30.1. The van der Waals surface area contributed by atoms with Crippen LogP contribution in [0.3, 0.4) is 0 Å². The van der Waals surface area contributed by atoms with Crippen molar-refractivity contribution in [3.8, 4) is 5.75 Å². The molecule has 6 heteroatoms. The van der Waals surface area contributed by atoms with Gasteiger partial charge in [0.15, 0.2) is 14.1 Å². The van der Waals surface area contributed by atoms with Gasteiger partial charge in [-0.1, -0.05) is 58.8 Å². The van der Waals surface area contributed by atoms with Crippen LogP contribution in [0.1, 0.15) is 103 Å². The molecule has 1 aromatic rings. The maximum absolute atomic E-state index is 13.0. The van der Waals surface area contributed by atoms with Gasteiger partial charge in [0.25, 0.3) is 5.56 Å². The number of hydrogen-bond donors (Lipinski definition) is 1. The van der Waals surface area contributed by atoms with E-state index >= 15 is 0 Å². The lowest BCUT2D eigenvalue weighted by Crippen LogP contribution is -2.41. The van der Waals surface area contributed by atoms with E-state index in [2.05, 4.69) is 40.8 Å². The van der Waals surface area contributed by atoms with Crippen LogP contribution in [0.2, 0.25) is 18.1 Å². The third kappa shape index (κ3) is 8.09. The third-order valence-electron chi connectivity index (χ3n) is 7.13. The van der Waals surface area contributed by atoms with Crippen molar-refractivity contribution in [3.05, 3.63) is 51.0 Å². The molecule has 0 aliphatic rings. The van der Waals surface area contributed by atoms with Gasteiger partial charge in [-0.25, -0.2) is 0 Å². The van der Waals surface area contributed by atoms with E-state index in [4.69, 9.17) is 4.43 Å². The number of nitrogens with zero attached hydrogens (tertiary/aromatic N) is 1. The van der Waals surface area contributed by atoms with Crippen LogP contribution in [0.15, 0.2) is 34.2 Å². The molecule has 0 saturated carbocycles. The molecule has 0 aromatic carbocycles. The molecule has 192 valence electrons. The van der Waals surface area contributed by atoms with Crippen molar-refractivity contribution in [1.82, 2.24) is 4.57 Å². The van der Waals surface area contributed by atoms with E-state index < -0.39 is 19.7 Å². The molecule has 0 bridgehead atoms. The summed E-state index contributed by atoms with van der Waals surface area (Å²) in [5, 5.41) is 10.8. The van der Waals surface area contributed by atoms with Gasteiger partial charge in [0.05, 0.1) is 0 Å². The van der Waals surface area contributed by atoms with Crippen molar-refractivity contribution in [2.45, 2.75) is 105 Å². The minimum Gasteiger partial charge on any atom is -0.507 e. The lowest BCUT2D eigenvalue weighted by molar-refractivity contribution is 0.103. The van der Waals surface area contributed by atoms with Gasteiger partial charge in [-0.05, 0) is 69.2 Å². The van der Waals surface area contributed by atoms with Crippen molar-refractivity contribution in [2.75, 3.05) is 6.61 Å². The average molecular weight is 490 g/mol. The lowest BCUT2D eigenvalue weighted by Gasteiger charge is -2.36. The third-order valence-corrected chi connectivity index (χ3v) is 11.7. The van der Waals surface area contributed by atoms with Crippen LogP contribution >= 0.6 is 0 Å². The molecule has 1 N–H and O–H groups in total. The number of Topliss-reactive ketones (excluding diaryl/α,β-unsaturated/α-hetero) is 1. The number of carbonyl (C=O) groups excluding carboxylic acids is 1. The highest BCUT2D eigenvalue weighted by Crippen LogP contribution is 2.36. The van der Waals surface area contributed by atoms with Gasteiger partial charge >= 0.3 is 0 Å². The topological polar surface area (TPSA) is 68.5 Å². The molecule has 34 heavy (non-hydrogen) atoms. The van der Waals surface area contributed by atoms with Crippen LogP contribution in [-0.4, -0.2) is 30.4 Å². The van der Waals surface area contributed by atoms with Gasteiger partial charge in [-0.3, -0.25) is 9.59 Å². The first-order valence-electron chi connectivity index (χ1n) is 12.6. The van der Waals surface area contributed by atoms with E-state index in [1.165, 1.54) is 10.1 Å². The fourth-order valence-corrected chi connectivity index (χ4v) is 4.64. The fourth-order valence-electron chi connectivity index (χ4n) is 3.55. The van der Waals surface area contributed by atoms with Crippen LogP contribution in [0.5, 0.6) is 5.75 Å². The standard InChI is InChI=1S/C28H47NO4Si/c1-11-12-14-20(2)16-17-22(4)26(31)25-24(30)19-23(29(8)27(25)32)21(3)15-13-18-33-34(9,10)28(5,6)7/h16-17,19,21,30H,11-15,18H2,1-10H3/b20-16+,22-17+. The van der Waals surface area contributed by atoms with Crippen molar-refractivity contribution < 1.29 is 14.3 Å². The molecule has 1 rings (SSSR count). The highest BCUT2D eigenvalue weighted by molar-refractivity contribution is 6.74. The van der Waals surface area contributed by atoms with Crippen molar-refractivity contribution >= 4 is 14.1 Å². The smallest absolute Gasteiger partial charge is 0.265 e. The summed E-state index contributed by atoms with van der Waals surface area (Å²) in [5.41, 5.74) is 1.74. The Morgan fingerprint density at radius 1 is 1.21 bits per heavy atom. The summed E-state index contributed by atoms with van der Waals surface area (Å²) >= 11 is 0. The van der Waals surface area contributed by atoms with Crippen LogP contribution in [0.4, 0.5) is 0 Å². The molecule has 0 aliphatic carbocycles. The maximum Gasteiger partial charge on any atom is 0.265 e. The molecule has 0 radical (unpaired) electrons. The number of aromatic nitrogens is 1. The molecule has 1 unspecified atom stereocenters. The van der Waals surface area contributed by atoms with E-state index in [9.17, 15) is 14.7 Å². The second-order valence-corrected chi connectivity index (χ2v) is 16.0. The number of hydrogen-bond acceptors (Lipinski definition) is 4. The molecule has 0 saturated heterocycles. The monoisotopic (exact) mass is 489 g/mol. The van der Waals surface area contributed by atoms with E-state index in [1.54, 1.807) is 26.1 Å².